The largest absolute Gasteiger partial charge is 0.381 e. The first-order valence-corrected chi connectivity index (χ1v) is 9.72. The Kier molecular flexibility index (Phi) is 4.10. The van der Waals surface area contributed by atoms with Gasteiger partial charge in [-0.1, -0.05) is 18.2 Å². The van der Waals surface area contributed by atoms with Gasteiger partial charge in [-0.2, -0.15) is 0 Å². The number of carbonyl (C=O) groups excluding carboxylic acids is 1. The fraction of sp³-hybridized carbons (Fsp3) is 0.550. The van der Waals surface area contributed by atoms with Crippen molar-refractivity contribution in [1.29, 1.82) is 0 Å². The van der Waals surface area contributed by atoms with E-state index in [0.717, 1.165) is 58.8 Å². The molecule has 3 aliphatic heterocycles. The lowest BCUT2D eigenvalue weighted by molar-refractivity contribution is 0.0504. The quantitative estimate of drug-likeness (QED) is 0.920. The summed E-state index contributed by atoms with van der Waals surface area (Å²) in [5, 5.41) is 1.31. The van der Waals surface area contributed by atoms with E-state index < -0.39 is 0 Å². The van der Waals surface area contributed by atoms with Crippen molar-refractivity contribution in [3.05, 3.63) is 36.0 Å². The van der Waals surface area contributed by atoms with E-state index in [1.165, 1.54) is 16.5 Å². The van der Waals surface area contributed by atoms with Gasteiger partial charge in [0.25, 0.3) is 0 Å². The number of fused-ring (bicyclic) bond motifs is 2. The number of H-pyrrole nitrogens is 1. The van der Waals surface area contributed by atoms with Crippen LogP contribution in [-0.4, -0.2) is 77.2 Å². The number of aromatic nitrogens is 1. The second-order valence-corrected chi connectivity index (χ2v) is 7.72. The molecule has 1 atom stereocenters. The van der Waals surface area contributed by atoms with Gasteiger partial charge in [-0.25, -0.2) is 4.79 Å². The molecule has 1 N–H and O–H groups in total. The minimum absolute atomic E-state index is 0.244. The van der Waals surface area contributed by atoms with Crippen molar-refractivity contribution in [3.63, 3.8) is 0 Å². The number of amides is 2. The molecule has 3 aliphatic rings. The maximum absolute atomic E-state index is 12.8. The zero-order valence-corrected chi connectivity index (χ0v) is 15.1. The number of nitrogens with zero attached hydrogens (tertiary/aromatic N) is 3. The molecule has 2 amide bonds. The van der Waals surface area contributed by atoms with E-state index in [0.29, 0.717) is 12.1 Å². The summed E-state index contributed by atoms with van der Waals surface area (Å²) in [5.74, 6) is 0. The Morgan fingerprint density at radius 3 is 2.77 bits per heavy atom. The number of aromatic amines is 1. The van der Waals surface area contributed by atoms with Crippen molar-refractivity contribution in [2.75, 3.05) is 39.4 Å². The molecule has 6 nitrogen and oxygen atoms in total. The van der Waals surface area contributed by atoms with E-state index in [1.54, 1.807) is 0 Å². The van der Waals surface area contributed by atoms with Crippen LogP contribution in [0.1, 0.15) is 18.4 Å². The fourth-order valence-electron chi connectivity index (χ4n) is 4.75. The number of para-hydroxylation sites is 1. The number of rotatable bonds is 3. The predicted octanol–water partition coefficient (Wildman–Crippen LogP) is 2.27. The van der Waals surface area contributed by atoms with E-state index in [2.05, 4.69) is 50.1 Å². The van der Waals surface area contributed by atoms with Crippen LogP contribution in [0.2, 0.25) is 0 Å². The van der Waals surface area contributed by atoms with Gasteiger partial charge in [0.1, 0.15) is 0 Å². The molecular weight excluding hydrogens is 328 g/mol. The average Bonchev–Trinajstić information content (AvgIpc) is 3.24. The molecule has 3 fully saturated rings. The topological polar surface area (TPSA) is 51.8 Å². The molecule has 0 bridgehead atoms. The van der Waals surface area contributed by atoms with Crippen LogP contribution in [0.3, 0.4) is 0 Å². The van der Waals surface area contributed by atoms with Crippen LogP contribution in [-0.2, 0) is 11.3 Å². The van der Waals surface area contributed by atoms with Gasteiger partial charge in [0.15, 0.2) is 0 Å². The molecule has 0 unspecified atom stereocenters. The third kappa shape index (κ3) is 2.77. The first-order chi connectivity index (χ1) is 12.8. The van der Waals surface area contributed by atoms with Gasteiger partial charge in [0.05, 0.1) is 6.04 Å². The lowest BCUT2D eigenvalue weighted by Gasteiger charge is -2.36. The number of piperazine rings is 1. The Morgan fingerprint density at radius 1 is 1.04 bits per heavy atom. The molecule has 138 valence electrons. The number of hydrogen-bond donors (Lipinski definition) is 1. The third-order valence-corrected chi connectivity index (χ3v) is 6.17. The Balaban J connectivity index is 1.27. The number of urea groups is 1. The normalized spacial score (nSPS) is 25.2. The molecule has 1 aromatic heterocycles. The zero-order valence-electron chi connectivity index (χ0n) is 15.1. The van der Waals surface area contributed by atoms with Crippen LogP contribution in [0.5, 0.6) is 0 Å². The molecule has 0 aliphatic carbocycles. The van der Waals surface area contributed by atoms with Crippen molar-refractivity contribution in [3.8, 4) is 0 Å². The minimum atomic E-state index is 0.244. The molecule has 2 aromatic rings. The van der Waals surface area contributed by atoms with E-state index in [4.69, 9.17) is 4.74 Å². The van der Waals surface area contributed by atoms with E-state index in [9.17, 15) is 4.79 Å². The molecule has 3 saturated heterocycles. The van der Waals surface area contributed by atoms with Crippen molar-refractivity contribution >= 4 is 16.9 Å². The van der Waals surface area contributed by atoms with Gasteiger partial charge in [0, 0.05) is 69.1 Å². The van der Waals surface area contributed by atoms with E-state index in [1.807, 2.05) is 0 Å². The summed E-state index contributed by atoms with van der Waals surface area (Å²) in [4.78, 5) is 22.9. The maximum atomic E-state index is 12.8. The van der Waals surface area contributed by atoms with Crippen molar-refractivity contribution in [2.24, 2.45) is 0 Å². The van der Waals surface area contributed by atoms with Crippen LogP contribution in [0, 0.1) is 0 Å². The summed E-state index contributed by atoms with van der Waals surface area (Å²) in [5.41, 5.74) is 2.54. The monoisotopic (exact) mass is 354 g/mol. The van der Waals surface area contributed by atoms with E-state index >= 15 is 0 Å². The third-order valence-electron chi connectivity index (χ3n) is 6.17. The number of benzene rings is 1. The number of nitrogens with one attached hydrogen (secondary N) is 1. The molecule has 0 spiro atoms. The SMILES string of the molecule is O=C1N(C2CCOCC2)C[C@H]2CN(Cc3c[nH]c4ccccc34)CCN12. The summed E-state index contributed by atoms with van der Waals surface area (Å²) in [7, 11) is 0. The van der Waals surface area contributed by atoms with Gasteiger partial charge in [-0.05, 0) is 24.5 Å². The molecular formula is C20H26N4O2. The molecule has 5 rings (SSSR count). The molecule has 6 heteroatoms. The second-order valence-electron chi connectivity index (χ2n) is 7.72. The fourth-order valence-corrected chi connectivity index (χ4v) is 4.75. The van der Waals surface area contributed by atoms with Gasteiger partial charge in [-0.15, -0.1) is 0 Å². The highest BCUT2D eigenvalue weighted by molar-refractivity contribution is 5.83. The minimum Gasteiger partial charge on any atom is -0.381 e. The first-order valence-electron chi connectivity index (χ1n) is 9.72. The van der Waals surface area contributed by atoms with Gasteiger partial charge < -0.3 is 19.5 Å². The van der Waals surface area contributed by atoms with Crippen molar-refractivity contribution in [2.45, 2.75) is 31.5 Å². The van der Waals surface area contributed by atoms with Crippen LogP contribution < -0.4 is 0 Å². The molecule has 26 heavy (non-hydrogen) atoms. The highest BCUT2D eigenvalue weighted by Crippen LogP contribution is 2.27. The van der Waals surface area contributed by atoms with Crippen LogP contribution in [0.15, 0.2) is 30.5 Å². The Hall–Kier alpha value is -2.05. The number of hydrogen-bond acceptors (Lipinski definition) is 3. The van der Waals surface area contributed by atoms with E-state index in [-0.39, 0.29) is 6.03 Å². The molecule has 1 aromatic carbocycles. The Morgan fingerprint density at radius 2 is 1.88 bits per heavy atom. The summed E-state index contributed by atoms with van der Waals surface area (Å²) in [6.07, 6.45) is 4.09. The summed E-state index contributed by atoms with van der Waals surface area (Å²) in [6, 6.07) is 9.40. The number of ether oxygens (including phenoxy) is 1. The molecule has 0 radical (unpaired) electrons. The Bertz CT molecular complexity index is 798. The highest BCUT2D eigenvalue weighted by Gasteiger charge is 2.43. The predicted molar refractivity (Wildman–Crippen MR) is 100 cm³/mol. The van der Waals surface area contributed by atoms with Gasteiger partial charge in [0.2, 0.25) is 0 Å². The van der Waals surface area contributed by atoms with Crippen LogP contribution >= 0.6 is 0 Å². The maximum Gasteiger partial charge on any atom is 0.320 e. The summed E-state index contributed by atoms with van der Waals surface area (Å²) in [6.45, 7) is 6.13. The Labute approximate surface area is 153 Å². The highest BCUT2D eigenvalue weighted by atomic mass is 16.5. The van der Waals surface area contributed by atoms with Gasteiger partial charge in [-0.3, -0.25) is 4.90 Å². The average molecular weight is 354 g/mol. The van der Waals surface area contributed by atoms with Crippen molar-refractivity contribution in [1.82, 2.24) is 19.7 Å². The van der Waals surface area contributed by atoms with Gasteiger partial charge >= 0.3 is 6.03 Å². The first kappa shape index (κ1) is 16.1. The van der Waals surface area contributed by atoms with Crippen LogP contribution in [0.4, 0.5) is 4.79 Å². The standard InChI is InChI=1S/C20H26N4O2/c25-20-23-8-7-22(12-15-11-21-19-4-2-1-3-18(15)19)13-17(23)14-24(20)16-5-9-26-10-6-16/h1-4,11,16-17,21H,5-10,12-14H2/t17-/m1/s1. The smallest absolute Gasteiger partial charge is 0.320 e. The number of carbonyl (C=O) groups is 1. The lowest BCUT2D eigenvalue weighted by atomic mass is 10.1. The summed E-state index contributed by atoms with van der Waals surface area (Å²) < 4.78 is 5.46. The lowest BCUT2D eigenvalue weighted by Crippen LogP contribution is -2.51. The van der Waals surface area contributed by atoms with Crippen LogP contribution in [0.25, 0.3) is 10.9 Å². The van der Waals surface area contributed by atoms with Crippen molar-refractivity contribution < 1.29 is 9.53 Å². The second kappa shape index (κ2) is 6.59. The molecule has 0 saturated carbocycles. The zero-order chi connectivity index (χ0) is 17.5. The molecule has 4 heterocycles. The summed E-state index contributed by atoms with van der Waals surface area (Å²) >= 11 is 0.